The van der Waals surface area contributed by atoms with Crippen LogP contribution >= 0.6 is 0 Å². The summed E-state index contributed by atoms with van der Waals surface area (Å²) in [4.78, 5) is 12.5. The van der Waals surface area contributed by atoms with Crippen molar-refractivity contribution in [1.82, 2.24) is 5.32 Å². The zero-order chi connectivity index (χ0) is 15.7. The normalized spacial score (nSPS) is 39.7. The second kappa shape index (κ2) is 4.24. The number of carbonyl (C=O) groups excluding carboxylic acids is 1. The summed E-state index contributed by atoms with van der Waals surface area (Å²) < 4.78 is 5.92. The first kappa shape index (κ1) is 14.0. The fraction of sp³-hybridized carbons (Fsp3) is 0.588. The van der Waals surface area contributed by atoms with E-state index in [9.17, 15) is 15.0 Å². The minimum Gasteiger partial charge on any atom is -0.504 e. The number of phenolic OH excluding ortho intramolecular Hbond substituents is 1. The molecule has 1 aliphatic carbocycles. The third-order valence-electron chi connectivity index (χ3n) is 5.98. The SMILES string of the molecule is Cc1ccc(O)c2c1[C@]13CCN[C@H](C)[C@]1(O)CCC(=O)C3O2. The third-order valence-corrected chi connectivity index (χ3v) is 5.98. The van der Waals surface area contributed by atoms with E-state index >= 15 is 0 Å². The second-order valence-corrected chi connectivity index (χ2v) is 6.89. The van der Waals surface area contributed by atoms with Crippen molar-refractivity contribution in [3.63, 3.8) is 0 Å². The van der Waals surface area contributed by atoms with Crippen LogP contribution in [0.4, 0.5) is 0 Å². The molecule has 1 aromatic rings. The Balaban J connectivity index is 2.04. The Morgan fingerprint density at radius 3 is 2.91 bits per heavy atom. The quantitative estimate of drug-likeness (QED) is 0.671. The van der Waals surface area contributed by atoms with Crippen LogP contribution in [0.3, 0.4) is 0 Å². The Morgan fingerprint density at radius 2 is 2.14 bits per heavy atom. The number of Topliss-reactive ketones (excluding diaryl/α,β-unsaturated/α-hetero) is 1. The number of aromatic hydroxyl groups is 1. The van der Waals surface area contributed by atoms with Gasteiger partial charge in [-0.3, -0.25) is 4.79 Å². The first-order valence-electron chi connectivity index (χ1n) is 7.90. The molecule has 3 aliphatic rings. The zero-order valence-corrected chi connectivity index (χ0v) is 12.8. The van der Waals surface area contributed by atoms with Gasteiger partial charge in [-0.15, -0.1) is 0 Å². The van der Waals surface area contributed by atoms with Crippen LogP contribution in [-0.4, -0.2) is 40.3 Å². The highest BCUT2D eigenvalue weighted by atomic mass is 16.5. The number of hydrogen-bond donors (Lipinski definition) is 3. The summed E-state index contributed by atoms with van der Waals surface area (Å²) in [7, 11) is 0. The van der Waals surface area contributed by atoms with Gasteiger partial charge in [0.05, 0.1) is 11.0 Å². The highest BCUT2D eigenvalue weighted by Crippen LogP contribution is 2.60. The average molecular weight is 303 g/mol. The van der Waals surface area contributed by atoms with E-state index < -0.39 is 17.1 Å². The Kier molecular flexibility index (Phi) is 2.70. The molecule has 118 valence electrons. The van der Waals surface area contributed by atoms with E-state index in [1.165, 1.54) is 0 Å². The van der Waals surface area contributed by atoms with Gasteiger partial charge in [-0.2, -0.15) is 0 Å². The minimum atomic E-state index is -1.05. The first-order chi connectivity index (χ1) is 10.4. The monoisotopic (exact) mass is 303 g/mol. The van der Waals surface area contributed by atoms with Crippen LogP contribution in [0.5, 0.6) is 11.5 Å². The molecule has 4 rings (SSSR count). The topological polar surface area (TPSA) is 78.8 Å². The van der Waals surface area contributed by atoms with E-state index in [4.69, 9.17) is 4.74 Å². The maximum Gasteiger partial charge on any atom is 0.174 e. The van der Waals surface area contributed by atoms with Gasteiger partial charge < -0.3 is 20.3 Å². The molecule has 4 atom stereocenters. The summed E-state index contributed by atoms with van der Waals surface area (Å²) in [5.41, 5.74) is -0.0300. The lowest BCUT2D eigenvalue weighted by Crippen LogP contribution is -2.73. The largest absolute Gasteiger partial charge is 0.504 e. The number of aryl methyl sites for hydroxylation is 1. The van der Waals surface area contributed by atoms with E-state index in [-0.39, 0.29) is 17.6 Å². The van der Waals surface area contributed by atoms with Crippen LogP contribution in [0.1, 0.15) is 37.3 Å². The molecule has 1 aromatic carbocycles. The molecule has 2 fully saturated rings. The van der Waals surface area contributed by atoms with Crippen molar-refractivity contribution in [1.29, 1.82) is 0 Å². The highest BCUT2D eigenvalue weighted by molar-refractivity contribution is 5.89. The Hall–Kier alpha value is -1.59. The third kappa shape index (κ3) is 1.39. The number of fused-ring (bicyclic) bond motifs is 1. The minimum absolute atomic E-state index is 0.0220. The van der Waals surface area contributed by atoms with Crippen molar-refractivity contribution in [2.45, 2.75) is 56.3 Å². The maximum absolute atomic E-state index is 12.5. The summed E-state index contributed by atoms with van der Waals surface area (Å²) in [6.07, 6.45) is 0.663. The number of aliphatic hydroxyl groups is 1. The number of benzene rings is 1. The molecule has 0 aromatic heterocycles. The molecule has 1 spiro atoms. The molecule has 5 heteroatoms. The molecular formula is C17H21NO4. The molecule has 1 saturated heterocycles. The molecule has 0 bridgehead atoms. The van der Waals surface area contributed by atoms with Gasteiger partial charge in [-0.05, 0) is 44.9 Å². The van der Waals surface area contributed by atoms with E-state index in [0.29, 0.717) is 31.6 Å². The van der Waals surface area contributed by atoms with Crippen LogP contribution in [0, 0.1) is 6.92 Å². The molecular weight excluding hydrogens is 282 g/mol. The molecule has 1 saturated carbocycles. The molecule has 2 aliphatic heterocycles. The van der Waals surface area contributed by atoms with Gasteiger partial charge in [0.25, 0.3) is 0 Å². The molecule has 1 unspecified atom stereocenters. The number of piperidine rings is 1. The number of nitrogens with one attached hydrogen (secondary N) is 1. The van der Waals surface area contributed by atoms with Crippen molar-refractivity contribution in [2.24, 2.45) is 0 Å². The van der Waals surface area contributed by atoms with Gasteiger partial charge in [-0.25, -0.2) is 0 Å². The summed E-state index contributed by atoms with van der Waals surface area (Å²) in [5, 5.41) is 25.0. The Labute approximate surface area is 129 Å². The number of rotatable bonds is 0. The van der Waals surface area contributed by atoms with Gasteiger partial charge in [0, 0.05) is 18.0 Å². The second-order valence-electron chi connectivity index (χ2n) is 6.89. The lowest BCUT2D eigenvalue weighted by atomic mass is 9.53. The molecule has 5 nitrogen and oxygen atoms in total. The number of phenols is 1. The van der Waals surface area contributed by atoms with Crippen LogP contribution < -0.4 is 10.1 Å². The summed E-state index contributed by atoms with van der Waals surface area (Å²) in [5.74, 6) is 0.451. The molecule has 22 heavy (non-hydrogen) atoms. The molecule has 2 heterocycles. The summed E-state index contributed by atoms with van der Waals surface area (Å²) in [6, 6.07) is 3.30. The Bertz CT molecular complexity index is 673. The van der Waals surface area contributed by atoms with E-state index in [0.717, 1.165) is 11.1 Å². The predicted octanol–water partition coefficient (Wildman–Crippen LogP) is 1.18. The van der Waals surface area contributed by atoms with Crippen molar-refractivity contribution < 1.29 is 19.7 Å². The van der Waals surface area contributed by atoms with Gasteiger partial charge >= 0.3 is 0 Å². The van der Waals surface area contributed by atoms with Gasteiger partial charge in [0.1, 0.15) is 0 Å². The summed E-state index contributed by atoms with van der Waals surface area (Å²) in [6.45, 7) is 4.63. The van der Waals surface area contributed by atoms with Crippen LogP contribution in [0.15, 0.2) is 12.1 Å². The summed E-state index contributed by atoms with van der Waals surface area (Å²) >= 11 is 0. The molecule has 0 radical (unpaired) electrons. The lowest BCUT2D eigenvalue weighted by Gasteiger charge is -2.56. The van der Waals surface area contributed by atoms with Crippen LogP contribution in [0.2, 0.25) is 0 Å². The van der Waals surface area contributed by atoms with E-state index in [2.05, 4.69) is 5.32 Å². The van der Waals surface area contributed by atoms with Crippen LogP contribution in [-0.2, 0) is 10.2 Å². The number of carbonyl (C=O) groups is 1. The average Bonchev–Trinajstić information content (AvgIpc) is 2.85. The van der Waals surface area contributed by atoms with Crippen molar-refractivity contribution in [3.05, 3.63) is 23.3 Å². The van der Waals surface area contributed by atoms with Gasteiger partial charge in [-0.1, -0.05) is 6.07 Å². The van der Waals surface area contributed by atoms with Crippen molar-refractivity contribution >= 4 is 5.78 Å². The number of ketones is 1. The standard InChI is InChI=1S/C17H21NO4/c1-9-3-4-11(19)14-13(9)16-7-8-18-10(2)17(16,21)6-5-12(20)15(16)22-14/h3-4,10,15,18-19,21H,5-8H2,1-2H3/t10-,15?,16+,17-/m1/s1. The van der Waals surface area contributed by atoms with E-state index in [1.807, 2.05) is 19.9 Å². The first-order valence-corrected chi connectivity index (χ1v) is 7.90. The number of ether oxygens (including phenoxy) is 1. The van der Waals surface area contributed by atoms with Crippen molar-refractivity contribution in [2.75, 3.05) is 6.54 Å². The fourth-order valence-electron chi connectivity index (χ4n) is 4.88. The smallest absolute Gasteiger partial charge is 0.174 e. The van der Waals surface area contributed by atoms with Crippen molar-refractivity contribution in [3.8, 4) is 11.5 Å². The Morgan fingerprint density at radius 1 is 1.36 bits per heavy atom. The molecule has 0 amide bonds. The number of hydrogen-bond acceptors (Lipinski definition) is 5. The van der Waals surface area contributed by atoms with Gasteiger partial charge in [0.15, 0.2) is 23.4 Å². The molecule has 3 N–H and O–H groups in total. The zero-order valence-electron chi connectivity index (χ0n) is 12.8. The highest BCUT2D eigenvalue weighted by Gasteiger charge is 2.69. The van der Waals surface area contributed by atoms with Gasteiger partial charge in [0.2, 0.25) is 0 Å². The fourth-order valence-corrected chi connectivity index (χ4v) is 4.88. The van der Waals surface area contributed by atoms with E-state index in [1.54, 1.807) is 6.07 Å². The predicted molar refractivity (Wildman–Crippen MR) is 80.2 cm³/mol. The van der Waals surface area contributed by atoms with Crippen LogP contribution in [0.25, 0.3) is 0 Å². The lowest BCUT2D eigenvalue weighted by molar-refractivity contribution is -0.162. The maximum atomic E-state index is 12.5.